The quantitative estimate of drug-likeness (QED) is 0.261. The second-order valence-corrected chi connectivity index (χ2v) is 10.2. The Morgan fingerprint density at radius 3 is 2.61 bits per heavy atom. The lowest BCUT2D eigenvalue weighted by molar-refractivity contribution is -0.158. The maximum absolute atomic E-state index is 12.4. The van der Waals surface area contributed by atoms with Gasteiger partial charge in [0.1, 0.15) is 0 Å². The molecule has 0 radical (unpaired) electrons. The Kier molecular flexibility index (Phi) is 12.5. The van der Waals surface area contributed by atoms with Gasteiger partial charge in [0.15, 0.2) is 6.10 Å². The summed E-state index contributed by atoms with van der Waals surface area (Å²) in [7, 11) is 0. The summed E-state index contributed by atoms with van der Waals surface area (Å²) in [5, 5.41) is 0. The van der Waals surface area contributed by atoms with Gasteiger partial charge >= 0.3 is 5.97 Å². The predicted octanol–water partition coefficient (Wildman–Crippen LogP) is 5.12. The van der Waals surface area contributed by atoms with E-state index in [0.717, 1.165) is 64.8 Å². The van der Waals surface area contributed by atoms with E-state index in [1.807, 2.05) is 6.92 Å². The fraction of sp³-hybridized carbons (Fsp3) is 0.963. The summed E-state index contributed by atoms with van der Waals surface area (Å²) in [6.45, 7) is 8.91. The molecule has 0 spiro atoms. The Morgan fingerprint density at radius 1 is 1.00 bits per heavy atom. The van der Waals surface area contributed by atoms with Crippen LogP contribution in [0.2, 0.25) is 0 Å². The van der Waals surface area contributed by atoms with Crippen LogP contribution in [0.1, 0.15) is 97.3 Å². The first-order chi connectivity index (χ1) is 16.2. The number of hydrogen-bond donors (Lipinski definition) is 0. The van der Waals surface area contributed by atoms with Gasteiger partial charge in [-0.05, 0) is 64.2 Å². The summed E-state index contributed by atoms with van der Waals surface area (Å²) in [6.07, 6.45) is 15.4. The van der Waals surface area contributed by atoms with Crippen LogP contribution >= 0.6 is 0 Å². The monoisotopic (exact) mass is 467 g/mol. The lowest BCUT2D eigenvalue weighted by atomic mass is 9.84. The van der Waals surface area contributed by atoms with E-state index >= 15 is 0 Å². The molecule has 1 saturated heterocycles. The maximum atomic E-state index is 12.4. The minimum atomic E-state index is -0.404. The standard InChI is InChI=1S/C27H49NO5/c1-3-5-6-9-18-32-26(27(29)30-4-2)21-22-12-14-23(15-13-22)31-19-16-28-17-20-33-25-11-8-7-10-24(25)28/h22-26H,3-21H2,1-2H3. The van der Waals surface area contributed by atoms with Gasteiger partial charge in [-0.2, -0.15) is 0 Å². The third-order valence-corrected chi connectivity index (χ3v) is 7.79. The summed E-state index contributed by atoms with van der Waals surface area (Å²) in [5.74, 6) is 0.343. The third kappa shape index (κ3) is 9.12. The number of ether oxygens (including phenoxy) is 4. The minimum absolute atomic E-state index is 0.183. The first kappa shape index (κ1) is 26.9. The van der Waals surface area contributed by atoms with Gasteiger partial charge in [0, 0.05) is 25.7 Å². The van der Waals surface area contributed by atoms with Gasteiger partial charge in [-0.1, -0.05) is 39.0 Å². The highest BCUT2D eigenvalue weighted by molar-refractivity contribution is 5.74. The van der Waals surface area contributed by atoms with Crippen LogP contribution in [0.3, 0.4) is 0 Å². The molecule has 3 rings (SSSR count). The SMILES string of the molecule is CCCCCCOC(CC1CCC(OCCN2CCOC3CCCCC32)CC1)C(=O)OCC. The van der Waals surface area contributed by atoms with Crippen molar-refractivity contribution < 1.29 is 23.7 Å². The molecule has 1 heterocycles. The lowest BCUT2D eigenvalue weighted by Crippen LogP contribution is -2.53. The number of morpholine rings is 1. The average Bonchev–Trinajstić information content (AvgIpc) is 2.84. The molecule has 2 saturated carbocycles. The Hall–Kier alpha value is -0.690. The first-order valence-corrected chi connectivity index (χ1v) is 14.0. The van der Waals surface area contributed by atoms with Crippen molar-refractivity contribution in [3.8, 4) is 0 Å². The summed E-state index contributed by atoms with van der Waals surface area (Å²) >= 11 is 0. The molecular formula is C27H49NO5. The van der Waals surface area contributed by atoms with Crippen LogP contribution in [-0.2, 0) is 23.7 Å². The number of unbranched alkanes of at least 4 members (excludes halogenated alkanes) is 3. The molecule has 0 aromatic heterocycles. The van der Waals surface area contributed by atoms with Crippen LogP contribution in [0.15, 0.2) is 0 Å². The van der Waals surface area contributed by atoms with Gasteiger partial charge in [-0.3, -0.25) is 4.90 Å². The van der Waals surface area contributed by atoms with Gasteiger partial charge < -0.3 is 18.9 Å². The molecule has 192 valence electrons. The van der Waals surface area contributed by atoms with Crippen LogP contribution in [-0.4, -0.2) is 74.7 Å². The summed E-state index contributed by atoms with van der Waals surface area (Å²) < 4.78 is 23.6. The molecule has 2 aliphatic carbocycles. The number of fused-ring (bicyclic) bond motifs is 1. The number of esters is 1. The average molecular weight is 468 g/mol. The number of hydrogen-bond acceptors (Lipinski definition) is 6. The van der Waals surface area contributed by atoms with Gasteiger partial charge in [-0.15, -0.1) is 0 Å². The normalized spacial score (nSPS) is 29.4. The van der Waals surface area contributed by atoms with E-state index in [9.17, 15) is 4.79 Å². The van der Waals surface area contributed by atoms with Crippen molar-refractivity contribution >= 4 is 5.97 Å². The molecule has 3 unspecified atom stereocenters. The molecule has 3 atom stereocenters. The Labute approximate surface area is 202 Å². The summed E-state index contributed by atoms with van der Waals surface area (Å²) in [4.78, 5) is 15.0. The zero-order valence-corrected chi connectivity index (χ0v) is 21.3. The predicted molar refractivity (Wildman–Crippen MR) is 130 cm³/mol. The molecule has 0 bridgehead atoms. The van der Waals surface area contributed by atoms with Crippen LogP contribution < -0.4 is 0 Å². The molecule has 6 nitrogen and oxygen atoms in total. The van der Waals surface area contributed by atoms with E-state index in [-0.39, 0.29) is 5.97 Å². The van der Waals surface area contributed by atoms with Crippen molar-refractivity contribution in [1.82, 2.24) is 4.90 Å². The van der Waals surface area contributed by atoms with Crippen molar-refractivity contribution in [2.75, 3.05) is 39.5 Å². The van der Waals surface area contributed by atoms with Crippen molar-refractivity contribution in [3.63, 3.8) is 0 Å². The Balaban J connectivity index is 1.33. The Morgan fingerprint density at radius 2 is 1.82 bits per heavy atom. The van der Waals surface area contributed by atoms with Crippen molar-refractivity contribution in [2.45, 2.75) is 122 Å². The minimum Gasteiger partial charge on any atom is -0.464 e. The zero-order valence-electron chi connectivity index (χ0n) is 21.3. The zero-order chi connectivity index (χ0) is 23.3. The van der Waals surface area contributed by atoms with E-state index in [0.29, 0.717) is 37.4 Å². The van der Waals surface area contributed by atoms with Crippen molar-refractivity contribution in [2.24, 2.45) is 5.92 Å². The molecular weight excluding hydrogens is 418 g/mol. The fourth-order valence-corrected chi connectivity index (χ4v) is 5.85. The van der Waals surface area contributed by atoms with E-state index in [2.05, 4.69) is 11.8 Å². The molecule has 0 aromatic rings. The van der Waals surface area contributed by atoms with Gasteiger partial charge in [0.2, 0.25) is 0 Å². The first-order valence-electron chi connectivity index (χ1n) is 14.0. The molecule has 6 heteroatoms. The van der Waals surface area contributed by atoms with Gasteiger partial charge in [0.05, 0.1) is 32.0 Å². The van der Waals surface area contributed by atoms with Crippen LogP contribution in [0.5, 0.6) is 0 Å². The molecule has 33 heavy (non-hydrogen) atoms. The van der Waals surface area contributed by atoms with Gasteiger partial charge in [-0.25, -0.2) is 4.79 Å². The number of carbonyl (C=O) groups is 1. The topological polar surface area (TPSA) is 57.2 Å². The molecule has 3 aliphatic rings. The Bertz CT molecular complexity index is 535. The molecule has 0 aromatic carbocycles. The summed E-state index contributed by atoms with van der Waals surface area (Å²) in [5.41, 5.74) is 0. The second kappa shape index (κ2) is 15.3. The van der Waals surface area contributed by atoms with Crippen LogP contribution in [0.4, 0.5) is 0 Å². The summed E-state index contributed by atoms with van der Waals surface area (Å²) in [6, 6.07) is 0.605. The van der Waals surface area contributed by atoms with Crippen LogP contribution in [0.25, 0.3) is 0 Å². The fourth-order valence-electron chi connectivity index (χ4n) is 5.85. The molecule has 3 fully saturated rings. The van der Waals surface area contributed by atoms with E-state index in [4.69, 9.17) is 18.9 Å². The molecule has 0 N–H and O–H groups in total. The van der Waals surface area contributed by atoms with Crippen molar-refractivity contribution in [3.05, 3.63) is 0 Å². The number of rotatable bonds is 14. The van der Waals surface area contributed by atoms with Crippen molar-refractivity contribution in [1.29, 1.82) is 0 Å². The highest BCUT2D eigenvalue weighted by Crippen LogP contribution is 2.31. The van der Waals surface area contributed by atoms with Crippen LogP contribution in [0, 0.1) is 5.92 Å². The molecule has 0 amide bonds. The number of carbonyl (C=O) groups excluding carboxylic acids is 1. The number of nitrogens with zero attached hydrogens (tertiary/aromatic N) is 1. The maximum Gasteiger partial charge on any atom is 0.335 e. The lowest BCUT2D eigenvalue weighted by Gasteiger charge is -2.44. The third-order valence-electron chi connectivity index (χ3n) is 7.79. The highest BCUT2D eigenvalue weighted by Gasteiger charge is 2.34. The highest BCUT2D eigenvalue weighted by atomic mass is 16.6. The van der Waals surface area contributed by atoms with E-state index in [1.54, 1.807) is 0 Å². The van der Waals surface area contributed by atoms with Gasteiger partial charge in [0.25, 0.3) is 0 Å². The second-order valence-electron chi connectivity index (χ2n) is 10.2. The van der Waals surface area contributed by atoms with E-state index in [1.165, 1.54) is 44.9 Å². The largest absolute Gasteiger partial charge is 0.464 e. The smallest absolute Gasteiger partial charge is 0.335 e. The van der Waals surface area contributed by atoms with E-state index < -0.39 is 6.10 Å². The molecule has 1 aliphatic heterocycles.